The summed E-state index contributed by atoms with van der Waals surface area (Å²) in [5.74, 6) is 0. The maximum atomic E-state index is 9.63. The van der Waals surface area contributed by atoms with E-state index in [2.05, 4.69) is 13.2 Å². The lowest BCUT2D eigenvalue weighted by atomic mass is 10.00. The van der Waals surface area contributed by atoms with Crippen molar-refractivity contribution >= 4 is 11.6 Å². The molecule has 0 aliphatic heterocycles. The molecular weight excluding hydrogens is 196 g/mol. The monoisotopic (exact) mass is 208 g/mol. The summed E-state index contributed by atoms with van der Waals surface area (Å²) in [7, 11) is 0. The third-order valence-corrected chi connectivity index (χ3v) is 2.25. The number of halogens is 1. The van der Waals surface area contributed by atoms with Crippen LogP contribution in [0.1, 0.15) is 17.2 Å². The van der Waals surface area contributed by atoms with Gasteiger partial charge in [0.1, 0.15) is 0 Å². The van der Waals surface area contributed by atoms with E-state index in [0.717, 1.165) is 11.1 Å². The van der Waals surface area contributed by atoms with Gasteiger partial charge in [-0.3, -0.25) is 0 Å². The van der Waals surface area contributed by atoms with Crippen molar-refractivity contribution in [2.45, 2.75) is 12.5 Å². The predicted octanol–water partition coefficient (Wildman–Crippen LogP) is 3.29. The third kappa shape index (κ3) is 2.47. The third-order valence-electron chi connectivity index (χ3n) is 2.01. The van der Waals surface area contributed by atoms with E-state index in [0.29, 0.717) is 11.4 Å². The van der Waals surface area contributed by atoms with Crippen molar-refractivity contribution in [3.63, 3.8) is 0 Å². The zero-order chi connectivity index (χ0) is 10.6. The summed E-state index contributed by atoms with van der Waals surface area (Å²) in [5.41, 5.74) is 1.82. The van der Waals surface area contributed by atoms with Crippen molar-refractivity contribution in [3.8, 4) is 0 Å². The van der Waals surface area contributed by atoms with Crippen LogP contribution in [0.2, 0.25) is 5.02 Å². The van der Waals surface area contributed by atoms with Gasteiger partial charge >= 0.3 is 0 Å². The van der Waals surface area contributed by atoms with E-state index in [1.54, 1.807) is 12.1 Å². The summed E-state index contributed by atoms with van der Waals surface area (Å²) in [5, 5.41) is 10.3. The molecule has 2 heteroatoms. The average molecular weight is 209 g/mol. The second kappa shape index (κ2) is 4.99. The van der Waals surface area contributed by atoms with Crippen molar-refractivity contribution < 1.29 is 5.11 Å². The molecule has 0 aromatic heterocycles. The Hall–Kier alpha value is -1.05. The Labute approximate surface area is 89.3 Å². The van der Waals surface area contributed by atoms with Crippen LogP contribution in [0.15, 0.2) is 43.5 Å². The normalized spacial score (nSPS) is 12.1. The maximum Gasteiger partial charge on any atom is 0.0971 e. The molecule has 0 aliphatic carbocycles. The number of rotatable bonds is 4. The van der Waals surface area contributed by atoms with E-state index in [9.17, 15) is 5.11 Å². The topological polar surface area (TPSA) is 20.2 Å². The highest BCUT2D eigenvalue weighted by atomic mass is 35.5. The fourth-order valence-corrected chi connectivity index (χ4v) is 1.52. The van der Waals surface area contributed by atoms with E-state index >= 15 is 0 Å². The Balaban J connectivity index is 3.13. The lowest BCUT2D eigenvalue weighted by Crippen LogP contribution is -1.98. The Morgan fingerprint density at radius 1 is 1.43 bits per heavy atom. The van der Waals surface area contributed by atoms with Crippen molar-refractivity contribution in [3.05, 3.63) is 59.7 Å². The van der Waals surface area contributed by atoms with Crippen LogP contribution < -0.4 is 0 Å². The van der Waals surface area contributed by atoms with Gasteiger partial charge in [-0.25, -0.2) is 0 Å². The highest BCUT2D eigenvalue weighted by Gasteiger charge is 2.08. The average Bonchev–Trinajstić information content (AvgIpc) is 2.17. The first-order valence-electron chi connectivity index (χ1n) is 4.39. The molecule has 0 bridgehead atoms. The van der Waals surface area contributed by atoms with Gasteiger partial charge in [-0.1, -0.05) is 29.8 Å². The van der Waals surface area contributed by atoms with Gasteiger partial charge in [0.25, 0.3) is 0 Å². The molecule has 0 spiro atoms. The first-order valence-corrected chi connectivity index (χ1v) is 4.76. The number of allylic oxidation sites excluding steroid dienone is 1. The van der Waals surface area contributed by atoms with Crippen molar-refractivity contribution in [1.29, 1.82) is 0 Å². The molecule has 1 aromatic carbocycles. The quantitative estimate of drug-likeness (QED) is 0.753. The van der Waals surface area contributed by atoms with Gasteiger partial charge in [0, 0.05) is 5.02 Å². The van der Waals surface area contributed by atoms with Gasteiger partial charge in [0.2, 0.25) is 0 Å². The minimum absolute atomic E-state index is 0.637. The first kappa shape index (κ1) is 11.0. The molecule has 1 N–H and O–H groups in total. The number of benzene rings is 1. The molecule has 0 saturated heterocycles. The second-order valence-electron chi connectivity index (χ2n) is 3.02. The largest absolute Gasteiger partial charge is 0.384 e. The molecule has 1 aromatic rings. The van der Waals surface area contributed by atoms with Crippen LogP contribution in [-0.4, -0.2) is 5.11 Å². The summed E-state index contributed by atoms with van der Waals surface area (Å²) in [6, 6.07) is 5.41. The molecule has 0 amide bonds. The van der Waals surface area contributed by atoms with Crippen LogP contribution in [0.3, 0.4) is 0 Å². The van der Waals surface area contributed by atoms with Crippen LogP contribution in [0, 0.1) is 0 Å². The van der Waals surface area contributed by atoms with Crippen LogP contribution in [-0.2, 0) is 6.42 Å². The molecule has 74 valence electrons. The Morgan fingerprint density at radius 3 is 2.71 bits per heavy atom. The van der Waals surface area contributed by atoms with Crippen LogP contribution in [0.25, 0.3) is 0 Å². The molecule has 0 radical (unpaired) electrons. The van der Waals surface area contributed by atoms with Gasteiger partial charge in [0.05, 0.1) is 6.10 Å². The van der Waals surface area contributed by atoms with Gasteiger partial charge < -0.3 is 5.11 Å². The van der Waals surface area contributed by atoms with Gasteiger partial charge in [-0.2, -0.15) is 0 Å². The molecule has 0 saturated carbocycles. The molecule has 14 heavy (non-hydrogen) atoms. The van der Waals surface area contributed by atoms with E-state index in [-0.39, 0.29) is 0 Å². The van der Waals surface area contributed by atoms with E-state index in [4.69, 9.17) is 11.6 Å². The van der Waals surface area contributed by atoms with Crippen molar-refractivity contribution in [2.24, 2.45) is 0 Å². The molecule has 1 nitrogen and oxygen atoms in total. The van der Waals surface area contributed by atoms with Gasteiger partial charge in [0.15, 0.2) is 0 Å². The molecule has 0 heterocycles. The minimum atomic E-state index is -0.637. The highest BCUT2D eigenvalue weighted by molar-refractivity contribution is 6.30. The number of hydrogen-bond donors (Lipinski definition) is 1. The Bertz CT molecular complexity index is 344. The lowest BCUT2D eigenvalue weighted by molar-refractivity contribution is 0.228. The molecule has 0 aliphatic rings. The highest BCUT2D eigenvalue weighted by Crippen LogP contribution is 2.23. The molecular formula is C12H13ClO. The predicted molar refractivity (Wildman–Crippen MR) is 60.5 cm³/mol. The Kier molecular flexibility index (Phi) is 3.93. The molecule has 1 unspecified atom stereocenters. The maximum absolute atomic E-state index is 9.63. The SMILES string of the molecule is C=CCc1cc(Cl)ccc1C(O)C=C. The fourth-order valence-electron chi connectivity index (χ4n) is 1.32. The lowest BCUT2D eigenvalue weighted by Gasteiger charge is -2.11. The van der Waals surface area contributed by atoms with Crippen LogP contribution >= 0.6 is 11.6 Å². The molecule has 1 atom stereocenters. The summed E-state index contributed by atoms with van der Waals surface area (Å²) in [4.78, 5) is 0. The van der Waals surface area contributed by atoms with Crippen LogP contribution in [0.4, 0.5) is 0 Å². The van der Waals surface area contributed by atoms with E-state index < -0.39 is 6.10 Å². The zero-order valence-electron chi connectivity index (χ0n) is 7.91. The Morgan fingerprint density at radius 2 is 2.14 bits per heavy atom. The number of hydrogen-bond acceptors (Lipinski definition) is 1. The van der Waals surface area contributed by atoms with Crippen molar-refractivity contribution in [2.75, 3.05) is 0 Å². The number of aliphatic hydroxyl groups is 1. The summed E-state index contributed by atoms with van der Waals surface area (Å²) in [6.45, 7) is 7.21. The van der Waals surface area contributed by atoms with Gasteiger partial charge in [-0.15, -0.1) is 13.2 Å². The summed E-state index contributed by atoms with van der Waals surface area (Å²) >= 11 is 5.86. The number of aliphatic hydroxyl groups excluding tert-OH is 1. The summed E-state index contributed by atoms with van der Waals surface area (Å²) in [6.07, 6.45) is 3.34. The minimum Gasteiger partial charge on any atom is -0.384 e. The first-order chi connectivity index (χ1) is 6.69. The van der Waals surface area contributed by atoms with E-state index in [1.165, 1.54) is 6.08 Å². The van der Waals surface area contributed by atoms with Crippen molar-refractivity contribution in [1.82, 2.24) is 0 Å². The smallest absolute Gasteiger partial charge is 0.0971 e. The van der Waals surface area contributed by atoms with E-state index in [1.807, 2.05) is 12.1 Å². The van der Waals surface area contributed by atoms with Gasteiger partial charge in [-0.05, 0) is 29.7 Å². The molecule has 1 rings (SSSR count). The molecule has 0 fully saturated rings. The summed E-state index contributed by atoms with van der Waals surface area (Å²) < 4.78 is 0. The zero-order valence-corrected chi connectivity index (χ0v) is 8.67. The second-order valence-corrected chi connectivity index (χ2v) is 3.45. The fraction of sp³-hybridized carbons (Fsp3) is 0.167. The van der Waals surface area contributed by atoms with Crippen LogP contribution in [0.5, 0.6) is 0 Å². The standard InChI is InChI=1S/C12H13ClO/c1-3-5-9-8-10(13)6-7-11(9)12(14)4-2/h3-4,6-8,12,14H,1-2,5H2.